The van der Waals surface area contributed by atoms with E-state index in [-0.39, 0.29) is 34.7 Å². The summed E-state index contributed by atoms with van der Waals surface area (Å²) in [7, 11) is 0. The van der Waals surface area contributed by atoms with Crippen molar-refractivity contribution in [3.05, 3.63) is 70.3 Å². The number of nitrogens with one attached hydrogen (secondary N) is 1. The van der Waals surface area contributed by atoms with Gasteiger partial charge < -0.3 is 15.5 Å². The summed E-state index contributed by atoms with van der Waals surface area (Å²) in [6, 6.07) is 8.63. The zero-order valence-corrected chi connectivity index (χ0v) is 22.1. The molecule has 1 aliphatic carbocycles. The summed E-state index contributed by atoms with van der Waals surface area (Å²) >= 11 is 0. The van der Waals surface area contributed by atoms with Crippen LogP contribution in [-0.4, -0.2) is 45.9 Å². The normalized spacial score (nSPS) is 18.9. The van der Waals surface area contributed by atoms with Crippen LogP contribution in [0.4, 0.5) is 26.3 Å². The molecule has 0 unspecified atom stereocenters. The average molecular weight is 599 g/mol. The molecule has 2 aromatic rings. The van der Waals surface area contributed by atoms with Crippen LogP contribution in [0, 0.1) is 17.8 Å². The largest absolute Gasteiger partial charge is 0.481 e. The van der Waals surface area contributed by atoms with Crippen molar-refractivity contribution in [3.8, 4) is 0 Å². The first kappa shape index (κ1) is 31.2. The monoisotopic (exact) mass is 598 g/mol. The van der Waals surface area contributed by atoms with Gasteiger partial charge in [0, 0.05) is 24.0 Å². The van der Waals surface area contributed by atoms with E-state index in [2.05, 4.69) is 10.3 Å². The molecule has 13 heteroatoms. The standard InChI is InChI=1S/C29H28F6N2O5/c30-28(31,32)10-9-20(22(27(41)42)11-15-7-8-15)26(40)37-25-23(39)13-21-17(14-38)4-2-6-19(21)24(36-25)16-3-1-5-18(12-16)29(33,34)35/h1-6,12,15,20,22,25,38H,7-11,13-14H2,(H,37,40)(H,41,42)/t20-,22+,25-/m1/s1. The van der Waals surface area contributed by atoms with Gasteiger partial charge in [-0.05, 0) is 42.0 Å². The average Bonchev–Trinajstić information content (AvgIpc) is 3.74. The molecule has 42 heavy (non-hydrogen) atoms. The van der Waals surface area contributed by atoms with Crippen molar-refractivity contribution in [1.29, 1.82) is 0 Å². The Balaban J connectivity index is 1.75. The van der Waals surface area contributed by atoms with E-state index in [4.69, 9.17) is 0 Å². The maximum Gasteiger partial charge on any atom is 0.416 e. The highest BCUT2D eigenvalue weighted by Gasteiger charge is 2.42. The number of ketones is 1. The van der Waals surface area contributed by atoms with Gasteiger partial charge in [0.15, 0.2) is 11.9 Å². The lowest BCUT2D eigenvalue weighted by Gasteiger charge is -2.25. The third-order valence-electron chi connectivity index (χ3n) is 7.52. The second-order valence-electron chi connectivity index (χ2n) is 10.6. The highest BCUT2D eigenvalue weighted by molar-refractivity contribution is 6.16. The van der Waals surface area contributed by atoms with E-state index < -0.39 is 79.4 Å². The number of hydrogen-bond acceptors (Lipinski definition) is 5. The zero-order valence-electron chi connectivity index (χ0n) is 22.1. The van der Waals surface area contributed by atoms with E-state index in [1.165, 1.54) is 24.3 Å². The van der Waals surface area contributed by atoms with Crippen molar-refractivity contribution >= 4 is 23.4 Å². The lowest BCUT2D eigenvalue weighted by Crippen LogP contribution is -2.46. The summed E-state index contributed by atoms with van der Waals surface area (Å²) in [6.07, 6.45) is -12.4. The van der Waals surface area contributed by atoms with Crippen LogP contribution in [0.25, 0.3) is 0 Å². The molecule has 3 atom stereocenters. The Morgan fingerprint density at radius 2 is 1.71 bits per heavy atom. The number of aliphatic hydroxyl groups excluding tert-OH is 1. The summed E-state index contributed by atoms with van der Waals surface area (Å²) in [4.78, 5) is 43.1. The highest BCUT2D eigenvalue weighted by Crippen LogP contribution is 2.40. The number of amides is 1. The van der Waals surface area contributed by atoms with E-state index in [0.29, 0.717) is 18.4 Å². The van der Waals surface area contributed by atoms with Gasteiger partial charge in [0.05, 0.1) is 29.7 Å². The minimum Gasteiger partial charge on any atom is -0.481 e. The molecule has 1 saturated carbocycles. The first-order chi connectivity index (χ1) is 19.7. The van der Waals surface area contributed by atoms with E-state index in [1.807, 2.05) is 0 Å². The number of carbonyl (C=O) groups excluding carboxylic acids is 2. The van der Waals surface area contributed by atoms with Gasteiger partial charge in [-0.2, -0.15) is 26.3 Å². The maximum absolute atomic E-state index is 13.5. The summed E-state index contributed by atoms with van der Waals surface area (Å²) < 4.78 is 79.9. The molecule has 1 aliphatic heterocycles. The van der Waals surface area contributed by atoms with Gasteiger partial charge in [-0.15, -0.1) is 0 Å². The van der Waals surface area contributed by atoms with Crippen LogP contribution in [0.1, 0.15) is 59.9 Å². The van der Waals surface area contributed by atoms with E-state index in [9.17, 15) is 50.9 Å². The first-order valence-electron chi connectivity index (χ1n) is 13.3. The lowest BCUT2D eigenvalue weighted by atomic mass is 9.83. The number of carbonyl (C=O) groups is 3. The van der Waals surface area contributed by atoms with Crippen molar-refractivity contribution in [1.82, 2.24) is 5.32 Å². The van der Waals surface area contributed by atoms with Gasteiger partial charge in [-0.1, -0.05) is 43.2 Å². The molecule has 2 aliphatic rings. The molecule has 0 spiro atoms. The van der Waals surface area contributed by atoms with Crippen LogP contribution in [0.5, 0.6) is 0 Å². The quantitative estimate of drug-likeness (QED) is 0.331. The Hall–Kier alpha value is -3.74. The van der Waals surface area contributed by atoms with Crippen molar-refractivity contribution in [2.75, 3.05) is 0 Å². The van der Waals surface area contributed by atoms with E-state index >= 15 is 0 Å². The Kier molecular flexibility index (Phi) is 9.09. The molecule has 4 rings (SSSR count). The Morgan fingerprint density at radius 1 is 1.02 bits per heavy atom. The summed E-state index contributed by atoms with van der Waals surface area (Å²) in [6.45, 7) is -0.510. The van der Waals surface area contributed by atoms with Crippen molar-refractivity contribution in [2.45, 2.75) is 63.7 Å². The second-order valence-corrected chi connectivity index (χ2v) is 10.6. The molecule has 0 saturated heterocycles. The van der Waals surface area contributed by atoms with E-state index in [0.717, 1.165) is 18.2 Å². The Morgan fingerprint density at radius 3 is 2.31 bits per heavy atom. The van der Waals surface area contributed by atoms with Crippen molar-refractivity contribution in [2.24, 2.45) is 22.7 Å². The fraction of sp³-hybridized carbons (Fsp3) is 0.448. The third kappa shape index (κ3) is 7.55. The zero-order chi connectivity index (χ0) is 30.8. The number of benzene rings is 2. The number of aliphatic hydroxyl groups is 1. The first-order valence-corrected chi connectivity index (χ1v) is 13.3. The minimum absolute atomic E-state index is 0.00601. The number of fused-ring (bicyclic) bond motifs is 1. The molecule has 3 N–H and O–H groups in total. The number of carboxylic acid groups (broad SMARTS) is 1. The summed E-state index contributed by atoms with van der Waals surface area (Å²) in [5.74, 6) is -6.41. The van der Waals surface area contributed by atoms with Gasteiger partial charge in [0.2, 0.25) is 5.91 Å². The molecule has 226 valence electrons. The smallest absolute Gasteiger partial charge is 0.416 e. The van der Waals surface area contributed by atoms with Gasteiger partial charge in [-0.25, -0.2) is 0 Å². The summed E-state index contributed by atoms with van der Waals surface area (Å²) in [5.41, 5.74) is -0.371. The number of Topliss-reactive ketones (excluding diaryl/α,β-unsaturated/α-hetero) is 1. The van der Waals surface area contributed by atoms with Crippen LogP contribution < -0.4 is 5.32 Å². The molecule has 1 fully saturated rings. The van der Waals surface area contributed by atoms with Crippen molar-refractivity contribution < 1.29 is 50.9 Å². The number of hydrogen-bond donors (Lipinski definition) is 3. The third-order valence-corrected chi connectivity index (χ3v) is 7.52. The number of aliphatic imine (C=N–C) groups is 1. The summed E-state index contributed by atoms with van der Waals surface area (Å²) in [5, 5.41) is 21.9. The van der Waals surface area contributed by atoms with Crippen LogP contribution >= 0.6 is 0 Å². The van der Waals surface area contributed by atoms with Gasteiger partial charge in [0.1, 0.15) is 0 Å². The fourth-order valence-corrected chi connectivity index (χ4v) is 5.17. The fourth-order valence-electron chi connectivity index (χ4n) is 5.17. The molecule has 0 aromatic heterocycles. The van der Waals surface area contributed by atoms with Crippen LogP contribution in [0.2, 0.25) is 0 Å². The Labute approximate surface area is 236 Å². The number of rotatable bonds is 10. The number of alkyl halides is 6. The predicted molar refractivity (Wildman–Crippen MR) is 137 cm³/mol. The molecule has 1 amide bonds. The number of halogens is 6. The van der Waals surface area contributed by atoms with Gasteiger partial charge in [-0.3, -0.25) is 19.4 Å². The van der Waals surface area contributed by atoms with Crippen molar-refractivity contribution in [3.63, 3.8) is 0 Å². The van der Waals surface area contributed by atoms with Gasteiger partial charge in [0.25, 0.3) is 0 Å². The van der Waals surface area contributed by atoms with E-state index in [1.54, 1.807) is 0 Å². The molecular formula is C29H28F6N2O5. The SMILES string of the molecule is O=C1Cc2c(CO)cccc2C(c2cccc(C(F)(F)F)c2)=N[C@@H]1NC(=O)[C@H](CCC(F)(F)F)[C@H](CC1CC1)C(=O)O. The molecule has 2 aromatic carbocycles. The highest BCUT2D eigenvalue weighted by atomic mass is 19.4. The number of nitrogens with zero attached hydrogens (tertiary/aromatic N) is 1. The van der Waals surface area contributed by atoms with Crippen LogP contribution in [0.3, 0.4) is 0 Å². The predicted octanol–water partition coefficient (Wildman–Crippen LogP) is 5.06. The molecule has 0 bridgehead atoms. The maximum atomic E-state index is 13.5. The molecule has 0 radical (unpaired) electrons. The van der Waals surface area contributed by atoms with Crippen LogP contribution in [0.15, 0.2) is 47.5 Å². The van der Waals surface area contributed by atoms with Crippen LogP contribution in [-0.2, 0) is 33.6 Å². The second kappa shape index (κ2) is 12.2. The molecule has 7 nitrogen and oxygen atoms in total. The van der Waals surface area contributed by atoms with Gasteiger partial charge >= 0.3 is 18.3 Å². The minimum atomic E-state index is -4.71. The number of carboxylic acids is 1. The topological polar surface area (TPSA) is 116 Å². The lowest BCUT2D eigenvalue weighted by molar-refractivity contribution is -0.154. The molecular weight excluding hydrogens is 570 g/mol. The molecule has 1 heterocycles. The Bertz CT molecular complexity index is 1380. The number of aliphatic carboxylic acids is 1.